The molecular weight excluding hydrogens is 254 g/mol. The molecule has 4 heteroatoms. The Bertz CT molecular complexity index is 543. The summed E-state index contributed by atoms with van der Waals surface area (Å²) >= 11 is 0. The topological polar surface area (TPSA) is 61.7 Å². The fourth-order valence-corrected chi connectivity index (χ4v) is 2.04. The molecule has 0 aliphatic carbocycles. The maximum atomic E-state index is 9.83. The first-order chi connectivity index (χ1) is 9.74. The van der Waals surface area contributed by atoms with E-state index in [0.717, 1.165) is 11.1 Å². The molecule has 0 aliphatic rings. The number of nitrogens with one attached hydrogen (secondary N) is 1. The number of phenols is 1. The molecule has 0 heterocycles. The Kier molecular flexibility index (Phi) is 4.98. The molecule has 0 bridgehead atoms. The highest BCUT2D eigenvalue weighted by molar-refractivity contribution is 5.39. The van der Waals surface area contributed by atoms with Gasteiger partial charge in [0.05, 0.1) is 19.8 Å². The van der Waals surface area contributed by atoms with Crippen molar-refractivity contribution >= 4 is 0 Å². The van der Waals surface area contributed by atoms with Crippen LogP contribution in [-0.2, 0) is 6.54 Å². The lowest BCUT2D eigenvalue weighted by Gasteiger charge is -2.17. The highest BCUT2D eigenvalue weighted by Crippen LogP contribution is 2.23. The van der Waals surface area contributed by atoms with E-state index in [1.165, 1.54) is 0 Å². The monoisotopic (exact) mass is 273 g/mol. The molecule has 0 aliphatic heterocycles. The Morgan fingerprint density at radius 1 is 1.15 bits per heavy atom. The Morgan fingerprint density at radius 3 is 2.55 bits per heavy atom. The van der Waals surface area contributed by atoms with Crippen LogP contribution in [0.1, 0.15) is 17.2 Å². The largest absolute Gasteiger partial charge is 0.508 e. The van der Waals surface area contributed by atoms with Gasteiger partial charge < -0.3 is 20.3 Å². The summed E-state index contributed by atoms with van der Waals surface area (Å²) in [5.74, 6) is 0.905. The highest BCUT2D eigenvalue weighted by Gasteiger charge is 2.11. The molecule has 0 radical (unpaired) electrons. The zero-order chi connectivity index (χ0) is 14.4. The van der Waals surface area contributed by atoms with E-state index >= 15 is 0 Å². The second-order valence-electron chi connectivity index (χ2n) is 4.52. The van der Waals surface area contributed by atoms with Gasteiger partial charge >= 0.3 is 0 Å². The molecule has 20 heavy (non-hydrogen) atoms. The third-order valence-electron chi connectivity index (χ3n) is 3.21. The van der Waals surface area contributed by atoms with E-state index in [4.69, 9.17) is 4.74 Å². The number of aliphatic hydroxyl groups is 1. The summed E-state index contributed by atoms with van der Waals surface area (Å²) in [5, 5.41) is 22.5. The summed E-state index contributed by atoms with van der Waals surface area (Å²) in [6, 6.07) is 14.6. The van der Waals surface area contributed by atoms with Gasteiger partial charge in [-0.3, -0.25) is 0 Å². The van der Waals surface area contributed by atoms with E-state index in [-0.39, 0.29) is 18.4 Å². The van der Waals surface area contributed by atoms with Crippen molar-refractivity contribution < 1.29 is 14.9 Å². The minimum absolute atomic E-state index is 0.00521. The molecule has 0 aromatic heterocycles. The average molecular weight is 273 g/mol. The van der Waals surface area contributed by atoms with Crippen molar-refractivity contribution in [2.75, 3.05) is 13.7 Å². The van der Waals surface area contributed by atoms with Crippen LogP contribution in [-0.4, -0.2) is 23.9 Å². The number of ether oxygens (including phenoxy) is 1. The zero-order valence-corrected chi connectivity index (χ0v) is 11.4. The zero-order valence-electron chi connectivity index (χ0n) is 11.4. The number of hydrogen-bond donors (Lipinski definition) is 3. The highest BCUT2D eigenvalue weighted by atomic mass is 16.5. The Labute approximate surface area is 118 Å². The van der Waals surface area contributed by atoms with Gasteiger partial charge in [0.1, 0.15) is 11.5 Å². The van der Waals surface area contributed by atoms with Gasteiger partial charge in [-0.1, -0.05) is 30.3 Å². The van der Waals surface area contributed by atoms with Crippen LogP contribution >= 0.6 is 0 Å². The van der Waals surface area contributed by atoms with Crippen molar-refractivity contribution in [1.82, 2.24) is 5.32 Å². The molecular formula is C16H19NO3. The third-order valence-corrected chi connectivity index (χ3v) is 3.21. The predicted molar refractivity (Wildman–Crippen MR) is 77.8 cm³/mol. The fourth-order valence-electron chi connectivity index (χ4n) is 2.04. The van der Waals surface area contributed by atoms with Crippen LogP contribution in [0.4, 0.5) is 0 Å². The van der Waals surface area contributed by atoms with E-state index in [0.29, 0.717) is 12.3 Å². The lowest BCUT2D eigenvalue weighted by molar-refractivity contribution is 0.243. The molecule has 2 aromatic carbocycles. The molecule has 2 rings (SSSR count). The summed E-state index contributed by atoms with van der Waals surface area (Å²) < 4.78 is 5.14. The van der Waals surface area contributed by atoms with Gasteiger partial charge in [-0.25, -0.2) is 0 Å². The first kappa shape index (κ1) is 14.4. The van der Waals surface area contributed by atoms with Crippen LogP contribution in [0.15, 0.2) is 48.5 Å². The Hall–Kier alpha value is -2.04. The molecule has 0 saturated heterocycles. The van der Waals surface area contributed by atoms with Gasteiger partial charge in [0.15, 0.2) is 0 Å². The van der Waals surface area contributed by atoms with Crippen LogP contribution in [0, 0.1) is 0 Å². The summed E-state index contributed by atoms with van der Waals surface area (Å²) in [6.45, 7) is 0.442. The van der Waals surface area contributed by atoms with Gasteiger partial charge in [0, 0.05) is 12.1 Å². The van der Waals surface area contributed by atoms with Gasteiger partial charge in [-0.2, -0.15) is 0 Å². The minimum Gasteiger partial charge on any atom is -0.508 e. The molecule has 0 unspecified atom stereocenters. The molecule has 0 amide bonds. The first-order valence-corrected chi connectivity index (χ1v) is 6.49. The SMILES string of the molecule is COc1ccc(O)c(CN[C@@H](CO)c2ccccc2)c1. The minimum atomic E-state index is -0.165. The van der Waals surface area contributed by atoms with E-state index in [1.807, 2.05) is 30.3 Å². The van der Waals surface area contributed by atoms with Gasteiger partial charge in [0.25, 0.3) is 0 Å². The van der Waals surface area contributed by atoms with Crippen molar-refractivity contribution in [3.8, 4) is 11.5 Å². The van der Waals surface area contributed by atoms with Crippen LogP contribution < -0.4 is 10.1 Å². The standard InChI is InChI=1S/C16H19NO3/c1-20-14-7-8-16(19)13(9-14)10-17-15(11-18)12-5-3-2-4-6-12/h2-9,15,17-19H,10-11H2,1H3/t15-/m0/s1. The smallest absolute Gasteiger partial charge is 0.120 e. The number of hydrogen-bond acceptors (Lipinski definition) is 4. The molecule has 0 fully saturated rings. The molecule has 2 aromatic rings. The van der Waals surface area contributed by atoms with Crippen molar-refractivity contribution in [2.45, 2.75) is 12.6 Å². The van der Waals surface area contributed by atoms with E-state index in [9.17, 15) is 10.2 Å². The number of phenolic OH excluding ortho intramolecular Hbond substituents is 1. The maximum Gasteiger partial charge on any atom is 0.120 e. The summed E-state index contributed by atoms with van der Waals surface area (Å²) in [7, 11) is 1.59. The molecule has 3 N–H and O–H groups in total. The molecule has 0 spiro atoms. The van der Waals surface area contributed by atoms with Crippen LogP contribution in [0.5, 0.6) is 11.5 Å². The summed E-state index contributed by atoms with van der Waals surface area (Å²) in [6.07, 6.45) is 0. The summed E-state index contributed by atoms with van der Waals surface area (Å²) in [5.41, 5.74) is 1.75. The number of benzene rings is 2. The van der Waals surface area contributed by atoms with Crippen LogP contribution in [0.25, 0.3) is 0 Å². The molecule has 1 atom stereocenters. The van der Waals surface area contributed by atoms with Crippen LogP contribution in [0.2, 0.25) is 0 Å². The fraction of sp³-hybridized carbons (Fsp3) is 0.250. The van der Waals surface area contributed by atoms with Crippen molar-refractivity contribution in [3.63, 3.8) is 0 Å². The molecule has 4 nitrogen and oxygen atoms in total. The van der Waals surface area contributed by atoms with E-state index in [2.05, 4.69) is 5.32 Å². The number of aliphatic hydroxyl groups excluding tert-OH is 1. The molecule has 106 valence electrons. The van der Waals surface area contributed by atoms with Crippen molar-refractivity contribution in [1.29, 1.82) is 0 Å². The van der Waals surface area contributed by atoms with Gasteiger partial charge in [-0.05, 0) is 23.8 Å². The number of methoxy groups -OCH3 is 1. The van der Waals surface area contributed by atoms with E-state index in [1.54, 1.807) is 25.3 Å². The van der Waals surface area contributed by atoms with Crippen LogP contribution in [0.3, 0.4) is 0 Å². The normalized spacial score (nSPS) is 12.1. The van der Waals surface area contributed by atoms with Gasteiger partial charge in [-0.15, -0.1) is 0 Å². The number of aromatic hydroxyl groups is 1. The number of rotatable bonds is 6. The average Bonchev–Trinajstić information content (AvgIpc) is 2.50. The Morgan fingerprint density at radius 2 is 1.90 bits per heavy atom. The summed E-state index contributed by atoms with van der Waals surface area (Å²) in [4.78, 5) is 0. The van der Waals surface area contributed by atoms with Crippen molar-refractivity contribution in [3.05, 3.63) is 59.7 Å². The van der Waals surface area contributed by atoms with Gasteiger partial charge in [0.2, 0.25) is 0 Å². The lowest BCUT2D eigenvalue weighted by atomic mass is 10.1. The first-order valence-electron chi connectivity index (χ1n) is 6.49. The predicted octanol–water partition coefficient (Wildman–Crippen LogP) is 2.22. The van der Waals surface area contributed by atoms with Crippen molar-refractivity contribution in [2.24, 2.45) is 0 Å². The lowest BCUT2D eigenvalue weighted by Crippen LogP contribution is -2.24. The maximum absolute atomic E-state index is 9.83. The van der Waals surface area contributed by atoms with E-state index < -0.39 is 0 Å². The third kappa shape index (κ3) is 3.50. The molecule has 0 saturated carbocycles. The second-order valence-corrected chi connectivity index (χ2v) is 4.52. The quantitative estimate of drug-likeness (QED) is 0.755. The Balaban J connectivity index is 2.07. The second kappa shape index (κ2) is 6.93.